The summed E-state index contributed by atoms with van der Waals surface area (Å²) in [6, 6.07) is 19.4. The average molecular weight is 357 g/mol. The molecule has 6 heteroatoms. The van der Waals surface area contributed by atoms with E-state index in [0.29, 0.717) is 18.4 Å². The van der Waals surface area contributed by atoms with Crippen LogP contribution < -0.4 is 9.34 Å². The lowest BCUT2D eigenvalue weighted by Crippen LogP contribution is -2.26. The number of carboxylic acid groups (broad SMARTS) is 1. The topological polar surface area (TPSA) is 64.0 Å². The Morgan fingerprint density at radius 3 is 1.80 bits per heavy atom. The highest BCUT2D eigenvalue weighted by molar-refractivity contribution is 7.77. The zero-order valence-electron chi connectivity index (χ0n) is 14.1. The molecule has 1 aliphatic rings. The van der Waals surface area contributed by atoms with E-state index in [0.717, 1.165) is 11.4 Å². The number of anilines is 2. The van der Waals surface area contributed by atoms with Crippen LogP contribution in [-0.4, -0.2) is 29.1 Å². The minimum absolute atomic E-state index is 0.173. The molecule has 1 heterocycles. The zero-order valence-corrected chi connectivity index (χ0v) is 15.0. The number of allylic oxidation sites excluding steroid dienone is 1. The summed E-state index contributed by atoms with van der Waals surface area (Å²) in [4.78, 5) is 23.2. The van der Waals surface area contributed by atoms with Crippen molar-refractivity contribution in [1.29, 1.82) is 0 Å². The van der Waals surface area contributed by atoms with Crippen LogP contribution in [0.15, 0.2) is 72.1 Å². The third-order valence-corrected chi connectivity index (χ3v) is 7.75. The van der Waals surface area contributed by atoms with Crippen molar-refractivity contribution < 1.29 is 14.8 Å². The number of carboxylic acids is 1. The molecule has 2 aromatic rings. The standard InChI is InChI=1S/C19H21N2O3P/c1-2-18(15-19(22)23)25(24)20(16-9-5-3-6-10-16)13-14-21(25)17-11-7-4-8-12-17/h2-12,24H,13-15H2,1H3/p+1/b18-2+. The zero-order chi connectivity index (χ0) is 17.9. The molecule has 0 amide bonds. The van der Waals surface area contributed by atoms with Crippen molar-refractivity contribution in [3.05, 3.63) is 72.1 Å². The number of carbonyl (C=O) groups is 1. The number of hydrogen-bond donors (Lipinski definition) is 2. The fourth-order valence-corrected chi connectivity index (χ4v) is 6.45. The summed E-state index contributed by atoms with van der Waals surface area (Å²) in [5.41, 5.74) is 1.81. The molecule has 0 atom stereocenters. The second kappa shape index (κ2) is 7.26. The van der Waals surface area contributed by atoms with Gasteiger partial charge in [-0.05, 0) is 37.3 Å². The fourth-order valence-electron chi connectivity index (χ4n) is 3.23. The Hall–Kier alpha value is -2.36. The highest BCUT2D eigenvalue weighted by atomic mass is 31.2. The quantitative estimate of drug-likeness (QED) is 0.787. The van der Waals surface area contributed by atoms with Gasteiger partial charge in [-0.2, -0.15) is 14.2 Å². The second-order valence-electron chi connectivity index (χ2n) is 5.84. The highest BCUT2D eigenvalue weighted by Gasteiger charge is 2.59. The molecule has 0 aliphatic carbocycles. The van der Waals surface area contributed by atoms with Gasteiger partial charge in [-0.15, -0.1) is 0 Å². The molecule has 1 fully saturated rings. The van der Waals surface area contributed by atoms with E-state index in [-0.39, 0.29) is 6.42 Å². The van der Waals surface area contributed by atoms with E-state index >= 15 is 0 Å². The predicted octanol–water partition coefficient (Wildman–Crippen LogP) is 4.15. The van der Waals surface area contributed by atoms with Gasteiger partial charge in [0.15, 0.2) is 5.31 Å². The first-order valence-corrected chi connectivity index (χ1v) is 9.87. The molecule has 0 radical (unpaired) electrons. The van der Waals surface area contributed by atoms with Crippen LogP contribution in [0.25, 0.3) is 0 Å². The molecule has 25 heavy (non-hydrogen) atoms. The second-order valence-corrected chi connectivity index (χ2v) is 8.51. The lowest BCUT2D eigenvalue weighted by molar-refractivity contribution is -0.136. The van der Waals surface area contributed by atoms with Crippen molar-refractivity contribution in [1.82, 2.24) is 0 Å². The fraction of sp³-hybridized carbons (Fsp3) is 0.211. The lowest BCUT2D eigenvalue weighted by atomic mass is 10.3. The average Bonchev–Trinajstić information content (AvgIpc) is 2.99. The molecule has 2 N–H and O–H groups in total. The third kappa shape index (κ3) is 3.26. The Bertz CT molecular complexity index is 717. The van der Waals surface area contributed by atoms with Gasteiger partial charge in [0.05, 0.1) is 24.5 Å². The molecular formula is C19H22N2O3P+. The monoisotopic (exact) mass is 357 g/mol. The number of nitrogens with zero attached hydrogens (tertiary/aromatic N) is 2. The minimum atomic E-state index is -3.00. The normalized spacial score (nSPS) is 17.0. The van der Waals surface area contributed by atoms with Gasteiger partial charge in [-0.1, -0.05) is 36.4 Å². The number of para-hydroxylation sites is 2. The molecule has 2 aromatic carbocycles. The van der Waals surface area contributed by atoms with Crippen molar-refractivity contribution in [2.24, 2.45) is 0 Å². The number of aliphatic carboxylic acids is 1. The number of rotatable bonds is 5. The molecule has 130 valence electrons. The highest BCUT2D eigenvalue weighted by Crippen LogP contribution is 2.72. The van der Waals surface area contributed by atoms with Crippen LogP contribution in [-0.2, 0) is 4.79 Å². The van der Waals surface area contributed by atoms with Gasteiger partial charge in [-0.3, -0.25) is 4.79 Å². The molecule has 3 rings (SSSR count). The summed E-state index contributed by atoms with van der Waals surface area (Å²) in [6.07, 6.45) is 1.58. The Labute approximate surface area is 148 Å². The SMILES string of the molecule is C/C=C(\CC(=O)O)[P+]1(O)N(c2ccccc2)CCN1c1ccccc1. The van der Waals surface area contributed by atoms with Crippen LogP contribution in [0.1, 0.15) is 13.3 Å². The molecule has 1 aliphatic heterocycles. The summed E-state index contributed by atoms with van der Waals surface area (Å²) in [5, 5.41) is 9.89. The maximum Gasteiger partial charge on any atom is 0.362 e. The summed E-state index contributed by atoms with van der Waals surface area (Å²) >= 11 is 0. The van der Waals surface area contributed by atoms with Crippen LogP contribution in [0, 0.1) is 0 Å². The van der Waals surface area contributed by atoms with Gasteiger partial charge >= 0.3 is 13.8 Å². The molecule has 0 spiro atoms. The molecular weight excluding hydrogens is 335 g/mol. The third-order valence-electron chi connectivity index (χ3n) is 4.36. The van der Waals surface area contributed by atoms with E-state index in [1.807, 2.05) is 70.0 Å². The number of hydrogen-bond acceptors (Lipinski definition) is 4. The van der Waals surface area contributed by atoms with Crippen molar-refractivity contribution in [2.75, 3.05) is 22.4 Å². The van der Waals surface area contributed by atoms with Gasteiger partial charge in [0.1, 0.15) is 6.42 Å². The Morgan fingerprint density at radius 2 is 1.44 bits per heavy atom. The van der Waals surface area contributed by atoms with Crippen molar-refractivity contribution in [2.45, 2.75) is 13.3 Å². The maximum absolute atomic E-state index is 11.9. The Morgan fingerprint density at radius 1 is 1.00 bits per heavy atom. The first-order valence-electron chi connectivity index (χ1n) is 8.23. The van der Waals surface area contributed by atoms with Gasteiger partial charge in [-0.25, -0.2) is 0 Å². The van der Waals surface area contributed by atoms with Crippen LogP contribution in [0.4, 0.5) is 11.4 Å². The van der Waals surface area contributed by atoms with E-state index in [1.54, 1.807) is 13.0 Å². The van der Waals surface area contributed by atoms with Crippen LogP contribution in [0.5, 0.6) is 0 Å². The molecule has 5 nitrogen and oxygen atoms in total. The predicted molar refractivity (Wildman–Crippen MR) is 103 cm³/mol. The molecule has 0 unspecified atom stereocenters. The summed E-state index contributed by atoms with van der Waals surface area (Å²) < 4.78 is 3.94. The minimum Gasteiger partial charge on any atom is -0.481 e. The first-order chi connectivity index (χ1) is 12.1. The van der Waals surface area contributed by atoms with Gasteiger partial charge < -0.3 is 5.11 Å². The van der Waals surface area contributed by atoms with Gasteiger partial charge in [0, 0.05) is 0 Å². The van der Waals surface area contributed by atoms with E-state index < -0.39 is 13.8 Å². The molecule has 0 bridgehead atoms. The largest absolute Gasteiger partial charge is 0.481 e. The maximum atomic E-state index is 11.9. The van der Waals surface area contributed by atoms with Crippen molar-refractivity contribution >= 4 is 25.1 Å². The Kier molecular flexibility index (Phi) is 5.07. The van der Waals surface area contributed by atoms with E-state index in [4.69, 9.17) is 0 Å². The Balaban J connectivity index is 2.10. The first kappa shape index (κ1) is 17.5. The van der Waals surface area contributed by atoms with Crippen LogP contribution in [0.2, 0.25) is 0 Å². The lowest BCUT2D eigenvalue weighted by Gasteiger charge is -2.32. The summed E-state index contributed by atoms with van der Waals surface area (Å²) in [7, 11) is -3.00. The van der Waals surface area contributed by atoms with Crippen LogP contribution >= 0.6 is 7.79 Å². The smallest absolute Gasteiger partial charge is 0.362 e. The van der Waals surface area contributed by atoms with Crippen molar-refractivity contribution in [3.63, 3.8) is 0 Å². The molecule has 1 saturated heterocycles. The van der Waals surface area contributed by atoms with Gasteiger partial charge in [0.2, 0.25) is 0 Å². The molecule has 0 aromatic heterocycles. The summed E-state index contributed by atoms with van der Waals surface area (Å²) in [6.45, 7) is 3.07. The summed E-state index contributed by atoms with van der Waals surface area (Å²) in [5.74, 6) is -0.936. The van der Waals surface area contributed by atoms with E-state index in [2.05, 4.69) is 0 Å². The molecule has 0 saturated carbocycles. The number of benzene rings is 2. The van der Waals surface area contributed by atoms with E-state index in [1.165, 1.54) is 0 Å². The van der Waals surface area contributed by atoms with Gasteiger partial charge in [0.25, 0.3) is 0 Å². The van der Waals surface area contributed by atoms with Crippen LogP contribution in [0.3, 0.4) is 0 Å². The van der Waals surface area contributed by atoms with E-state index in [9.17, 15) is 14.8 Å². The van der Waals surface area contributed by atoms with Crippen molar-refractivity contribution in [3.8, 4) is 0 Å².